The molecule has 17 heavy (non-hydrogen) atoms. The first-order chi connectivity index (χ1) is 8.11. The Morgan fingerprint density at radius 1 is 1.47 bits per heavy atom. The molecule has 0 spiro atoms. The highest BCUT2D eigenvalue weighted by Crippen LogP contribution is 2.05. The average Bonchev–Trinajstić information content (AvgIpc) is 2.23. The second kappa shape index (κ2) is 7.24. The number of nitrogens with zero attached hydrogens (tertiary/aromatic N) is 1. The number of nitrogens with one attached hydrogen (secondary N) is 1. The lowest BCUT2D eigenvalue weighted by atomic mass is 10.2. The average molecular weight is 244 g/mol. The first kappa shape index (κ1) is 13.9. The summed E-state index contributed by atoms with van der Waals surface area (Å²) in [4.78, 5) is 24.2. The molecule has 1 heterocycles. The lowest BCUT2D eigenvalue weighted by Crippen LogP contribution is -2.53. The molecular weight excluding hydrogens is 224 g/mol. The van der Waals surface area contributed by atoms with Gasteiger partial charge in [-0.25, -0.2) is 0 Å². The van der Waals surface area contributed by atoms with Crippen molar-refractivity contribution in [1.82, 2.24) is 10.2 Å². The minimum absolute atomic E-state index is 0.0687. The zero-order valence-electron chi connectivity index (χ0n) is 10.1. The van der Waals surface area contributed by atoms with Crippen LogP contribution < -0.4 is 5.32 Å². The van der Waals surface area contributed by atoms with Crippen LogP contribution in [0.3, 0.4) is 0 Å². The maximum atomic E-state index is 11.4. The van der Waals surface area contributed by atoms with Crippen molar-refractivity contribution in [3.63, 3.8) is 0 Å². The molecule has 1 saturated heterocycles. The molecule has 0 aromatic carbocycles. The van der Waals surface area contributed by atoms with Crippen LogP contribution in [-0.4, -0.2) is 60.8 Å². The van der Waals surface area contributed by atoms with Gasteiger partial charge in [0.2, 0.25) is 5.91 Å². The van der Waals surface area contributed by atoms with Crippen molar-refractivity contribution in [2.75, 3.05) is 32.8 Å². The molecular formula is C11H20N2O4. The van der Waals surface area contributed by atoms with Gasteiger partial charge < -0.3 is 15.2 Å². The van der Waals surface area contributed by atoms with E-state index in [2.05, 4.69) is 5.32 Å². The molecule has 0 saturated carbocycles. The smallest absolute Gasteiger partial charge is 0.305 e. The summed E-state index contributed by atoms with van der Waals surface area (Å²) < 4.78 is 4.76. The molecule has 1 fully saturated rings. The van der Waals surface area contributed by atoms with Crippen molar-refractivity contribution in [2.45, 2.75) is 25.9 Å². The number of ether oxygens (including phenoxy) is 1. The molecule has 0 bridgehead atoms. The third kappa shape index (κ3) is 5.65. The van der Waals surface area contributed by atoms with Gasteiger partial charge in [-0.2, -0.15) is 0 Å². The van der Waals surface area contributed by atoms with Crippen LogP contribution in [0.5, 0.6) is 0 Å². The summed E-state index contributed by atoms with van der Waals surface area (Å²) in [6, 6.07) is 0. The minimum Gasteiger partial charge on any atom is -0.466 e. The largest absolute Gasteiger partial charge is 0.466 e. The van der Waals surface area contributed by atoms with Crippen LogP contribution in [0, 0.1) is 0 Å². The number of carbonyl (C=O) groups excluding carboxylic acids is 2. The molecule has 2 N–H and O–H groups in total. The van der Waals surface area contributed by atoms with Crippen molar-refractivity contribution in [1.29, 1.82) is 0 Å². The predicted molar refractivity (Wildman–Crippen MR) is 61.3 cm³/mol. The maximum Gasteiger partial charge on any atom is 0.305 e. The second-order valence-electron chi connectivity index (χ2n) is 4.11. The van der Waals surface area contributed by atoms with E-state index in [4.69, 9.17) is 9.84 Å². The lowest BCUT2D eigenvalue weighted by Gasteiger charge is -2.34. The SMILES string of the molecule is CCOC(=O)CCCNC(=O)CN1CC(O)C1. The van der Waals surface area contributed by atoms with Crippen molar-refractivity contribution in [3.05, 3.63) is 0 Å². The summed E-state index contributed by atoms with van der Waals surface area (Å²) in [5.74, 6) is -0.298. The monoisotopic (exact) mass is 244 g/mol. The molecule has 98 valence electrons. The normalized spacial score (nSPS) is 16.4. The summed E-state index contributed by atoms with van der Waals surface area (Å²) in [6.07, 6.45) is 0.635. The molecule has 0 radical (unpaired) electrons. The summed E-state index contributed by atoms with van der Waals surface area (Å²) in [6.45, 7) is 4.08. The van der Waals surface area contributed by atoms with Gasteiger partial charge in [0.1, 0.15) is 0 Å². The number of hydrogen-bond acceptors (Lipinski definition) is 5. The molecule has 0 atom stereocenters. The quantitative estimate of drug-likeness (QED) is 0.449. The van der Waals surface area contributed by atoms with Gasteiger partial charge in [-0.3, -0.25) is 14.5 Å². The van der Waals surface area contributed by atoms with Crippen LogP contribution in [0.2, 0.25) is 0 Å². The molecule has 6 heteroatoms. The Morgan fingerprint density at radius 2 is 2.18 bits per heavy atom. The van der Waals surface area contributed by atoms with E-state index in [0.717, 1.165) is 0 Å². The van der Waals surface area contributed by atoms with Gasteiger partial charge in [0.25, 0.3) is 0 Å². The Bertz CT molecular complexity index is 264. The fraction of sp³-hybridized carbons (Fsp3) is 0.818. The number of aliphatic hydroxyl groups is 1. The molecule has 0 aliphatic carbocycles. The highest BCUT2D eigenvalue weighted by atomic mass is 16.5. The fourth-order valence-corrected chi connectivity index (χ4v) is 1.62. The van der Waals surface area contributed by atoms with Crippen LogP contribution in [0.25, 0.3) is 0 Å². The van der Waals surface area contributed by atoms with E-state index < -0.39 is 0 Å². The summed E-state index contributed by atoms with van der Waals surface area (Å²) in [7, 11) is 0. The summed E-state index contributed by atoms with van der Waals surface area (Å²) in [5.41, 5.74) is 0. The molecule has 1 aliphatic rings. The van der Waals surface area contributed by atoms with Gasteiger partial charge in [-0.1, -0.05) is 0 Å². The van der Waals surface area contributed by atoms with Crippen LogP contribution in [0.1, 0.15) is 19.8 Å². The molecule has 0 unspecified atom stereocenters. The number of carbonyl (C=O) groups is 2. The van der Waals surface area contributed by atoms with Gasteiger partial charge in [0.05, 0.1) is 19.3 Å². The Hall–Kier alpha value is -1.14. The zero-order chi connectivity index (χ0) is 12.7. The molecule has 1 amide bonds. The number of esters is 1. The van der Waals surface area contributed by atoms with Gasteiger partial charge in [-0.15, -0.1) is 0 Å². The number of rotatable bonds is 7. The van der Waals surface area contributed by atoms with Crippen LogP contribution in [0.15, 0.2) is 0 Å². The molecule has 1 rings (SSSR count). The number of β-amino-alcohol motifs (C(OH)–C–C–N with tert-alkyl or cyclic N) is 1. The first-order valence-electron chi connectivity index (χ1n) is 5.94. The first-order valence-corrected chi connectivity index (χ1v) is 5.94. The second-order valence-corrected chi connectivity index (χ2v) is 4.11. The Morgan fingerprint density at radius 3 is 2.76 bits per heavy atom. The Kier molecular flexibility index (Phi) is 5.93. The fourth-order valence-electron chi connectivity index (χ4n) is 1.62. The van der Waals surface area contributed by atoms with Gasteiger partial charge in [-0.05, 0) is 13.3 Å². The topological polar surface area (TPSA) is 78.9 Å². The summed E-state index contributed by atoms with van der Waals surface area (Å²) in [5, 5.41) is 11.8. The van der Waals surface area contributed by atoms with Gasteiger partial charge >= 0.3 is 5.97 Å². The van der Waals surface area contributed by atoms with Gasteiger partial charge in [0.15, 0.2) is 0 Å². The van der Waals surface area contributed by atoms with E-state index in [1.54, 1.807) is 6.92 Å². The third-order valence-electron chi connectivity index (χ3n) is 2.49. The van der Waals surface area contributed by atoms with E-state index in [1.165, 1.54) is 0 Å². The van der Waals surface area contributed by atoms with Crippen molar-refractivity contribution in [2.24, 2.45) is 0 Å². The standard InChI is InChI=1S/C11H20N2O4/c1-2-17-11(16)4-3-5-12-10(15)8-13-6-9(14)7-13/h9,14H,2-8H2,1H3,(H,12,15). The van der Waals surface area contributed by atoms with Crippen LogP contribution >= 0.6 is 0 Å². The lowest BCUT2D eigenvalue weighted by molar-refractivity contribution is -0.143. The van der Waals surface area contributed by atoms with E-state index in [1.807, 2.05) is 4.90 Å². The predicted octanol–water partition coefficient (Wildman–Crippen LogP) is -0.878. The van der Waals surface area contributed by atoms with Gasteiger partial charge in [0, 0.05) is 26.1 Å². The molecule has 0 aromatic rings. The van der Waals surface area contributed by atoms with Crippen molar-refractivity contribution >= 4 is 11.9 Å². The van der Waals surface area contributed by atoms with E-state index in [9.17, 15) is 9.59 Å². The van der Waals surface area contributed by atoms with Crippen molar-refractivity contribution in [3.8, 4) is 0 Å². The zero-order valence-corrected chi connectivity index (χ0v) is 10.1. The highest BCUT2D eigenvalue weighted by molar-refractivity contribution is 5.78. The minimum atomic E-state index is -0.286. The number of hydrogen-bond donors (Lipinski definition) is 2. The summed E-state index contributed by atoms with van der Waals surface area (Å²) >= 11 is 0. The molecule has 0 aromatic heterocycles. The highest BCUT2D eigenvalue weighted by Gasteiger charge is 2.25. The number of amides is 1. The Labute approximate surface area is 101 Å². The maximum absolute atomic E-state index is 11.4. The van der Waals surface area contributed by atoms with Crippen LogP contribution in [0.4, 0.5) is 0 Å². The third-order valence-corrected chi connectivity index (χ3v) is 2.49. The molecule has 1 aliphatic heterocycles. The number of aliphatic hydroxyl groups excluding tert-OH is 1. The number of likely N-dealkylation sites (tertiary alicyclic amines) is 1. The van der Waals surface area contributed by atoms with E-state index >= 15 is 0 Å². The Balaban J connectivity index is 1.95. The molecule has 6 nitrogen and oxygen atoms in total. The van der Waals surface area contributed by atoms with E-state index in [0.29, 0.717) is 45.6 Å². The van der Waals surface area contributed by atoms with Crippen LogP contribution in [-0.2, 0) is 14.3 Å². The van der Waals surface area contributed by atoms with Crippen molar-refractivity contribution < 1.29 is 19.4 Å². The van der Waals surface area contributed by atoms with E-state index in [-0.39, 0.29) is 18.0 Å².